The second-order valence-electron chi connectivity index (χ2n) is 7.47. The number of imidazole rings is 1. The number of anilines is 1. The number of carbonyl (C=O) groups excluding carboxylic acids is 2. The standard InChI is InChI=1S/C20H25N6O2/c1-12-6-7-15(10-13(12)2)21-8-9-25-14(3)11-26-16-17(22-19(25)26)23(4)20(28)24(5)18(16)27/h6-7,10-11,16,21H,8-9H2,1-5H3/q+1. The number of nitrogens with zero attached hydrogens (tertiary/aromatic N) is 5. The van der Waals surface area contributed by atoms with E-state index in [1.165, 1.54) is 23.1 Å². The topological polar surface area (TPSA) is 73.8 Å². The molecule has 146 valence electrons. The second-order valence-corrected chi connectivity index (χ2v) is 7.47. The van der Waals surface area contributed by atoms with E-state index in [0.717, 1.165) is 22.8 Å². The van der Waals surface area contributed by atoms with E-state index in [0.29, 0.717) is 18.3 Å². The Morgan fingerprint density at radius 2 is 1.86 bits per heavy atom. The first-order valence-corrected chi connectivity index (χ1v) is 9.36. The summed E-state index contributed by atoms with van der Waals surface area (Å²) in [4.78, 5) is 32.1. The van der Waals surface area contributed by atoms with Crippen LogP contribution in [0, 0.1) is 20.8 Å². The van der Waals surface area contributed by atoms with Crippen molar-refractivity contribution in [3.8, 4) is 0 Å². The van der Waals surface area contributed by atoms with E-state index in [2.05, 4.69) is 46.9 Å². The molecule has 8 heteroatoms. The number of hydrogen-bond acceptors (Lipinski definition) is 4. The molecular weight excluding hydrogens is 356 g/mol. The van der Waals surface area contributed by atoms with Crippen LogP contribution in [-0.2, 0) is 11.3 Å². The van der Waals surface area contributed by atoms with Crippen molar-refractivity contribution in [1.29, 1.82) is 0 Å². The van der Waals surface area contributed by atoms with Gasteiger partial charge in [0.2, 0.25) is 11.9 Å². The molecule has 0 saturated carbocycles. The van der Waals surface area contributed by atoms with Gasteiger partial charge in [-0.25, -0.2) is 13.9 Å². The van der Waals surface area contributed by atoms with Crippen molar-refractivity contribution >= 4 is 29.4 Å². The van der Waals surface area contributed by atoms with Crippen LogP contribution >= 0.6 is 0 Å². The predicted octanol–water partition coefficient (Wildman–Crippen LogP) is 1.92. The number of hydrogen-bond donors (Lipinski definition) is 1. The van der Waals surface area contributed by atoms with Crippen molar-refractivity contribution in [3.63, 3.8) is 0 Å². The number of imide groups is 1. The molecule has 0 radical (unpaired) electrons. The number of likely N-dealkylation sites (N-methyl/N-ethyl adjacent to an activating group) is 2. The molecule has 1 unspecified atom stereocenters. The van der Waals surface area contributed by atoms with E-state index < -0.39 is 6.04 Å². The molecule has 28 heavy (non-hydrogen) atoms. The summed E-state index contributed by atoms with van der Waals surface area (Å²) in [6.07, 6.45) is 1.93. The smallest absolute Gasteiger partial charge is 0.382 e. The number of aliphatic imine (C=N–C) groups is 1. The number of benzene rings is 1. The van der Waals surface area contributed by atoms with Crippen molar-refractivity contribution in [2.24, 2.45) is 4.99 Å². The molecule has 2 aliphatic heterocycles. The lowest BCUT2D eigenvalue weighted by Crippen LogP contribution is -2.61. The number of aromatic nitrogens is 2. The summed E-state index contributed by atoms with van der Waals surface area (Å²) in [5, 5.41) is 3.45. The van der Waals surface area contributed by atoms with Crippen molar-refractivity contribution in [2.75, 3.05) is 26.0 Å². The second kappa shape index (κ2) is 6.47. The summed E-state index contributed by atoms with van der Waals surface area (Å²) in [6.45, 7) is 7.63. The molecule has 2 aliphatic rings. The van der Waals surface area contributed by atoms with Crippen molar-refractivity contribution in [1.82, 2.24) is 14.4 Å². The highest BCUT2D eigenvalue weighted by atomic mass is 16.2. The average Bonchev–Trinajstić information content (AvgIpc) is 3.17. The SMILES string of the molecule is Cc1ccc(NCCn2c(C)c[n+]3c2N=C2C3C(=O)N(C)C(=O)N2C)cc1C. The van der Waals surface area contributed by atoms with E-state index in [9.17, 15) is 9.59 Å². The van der Waals surface area contributed by atoms with Gasteiger partial charge in [0.15, 0.2) is 0 Å². The summed E-state index contributed by atoms with van der Waals surface area (Å²) in [5.41, 5.74) is 4.63. The Morgan fingerprint density at radius 3 is 2.57 bits per heavy atom. The van der Waals surface area contributed by atoms with Crippen LogP contribution in [0.5, 0.6) is 0 Å². The number of urea groups is 1. The quantitative estimate of drug-likeness (QED) is 0.823. The Balaban J connectivity index is 1.57. The van der Waals surface area contributed by atoms with Crippen LogP contribution in [0.15, 0.2) is 29.4 Å². The fourth-order valence-corrected chi connectivity index (χ4v) is 3.75. The molecule has 1 saturated heterocycles. The molecule has 3 amide bonds. The Bertz CT molecular complexity index is 1020. The summed E-state index contributed by atoms with van der Waals surface area (Å²) in [7, 11) is 3.16. The van der Waals surface area contributed by atoms with Gasteiger partial charge >= 0.3 is 12.0 Å². The van der Waals surface area contributed by atoms with Crippen LogP contribution in [0.3, 0.4) is 0 Å². The van der Waals surface area contributed by atoms with Gasteiger partial charge in [-0.3, -0.25) is 14.6 Å². The Hall–Kier alpha value is -3.16. The highest BCUT2D eigenvalue weighted by Gasteiger charge is 2.52. The minimum absolute atomic E-state index is 0.254. The predicted molar refractivity (Wildman–Crippen MR) is 106 cm³/mol. The number of amidine groups is 1. The van der Waals surface area contributed by atoms with Gasteiger partial charge in [0.25, 0.3) is 5.91 Å². The minimum atomic E-state index is -0.574. The average molecular weight is 381 g/mol. The molecule has 4 rings (SSSR count). The van der Waals surface area contributed by atoms with Crippen LogP contribution in [0.2, 0.25) is 0 Å². The molecule has 1 N–H and O–H groups in total. The molecule has 1 aromatic heterocycles. The molecule has 1 atom stereocenters. The van der Waals surface area contributed by atoms with Gasteiger partial charge in [-0.15, -0.1) is 0 Å². The molecular formula is C20H25N6O2+. The molecule has 0 bridgehead atoms. The van der Waals surface area contributed by atoms with Crippen molar-refractivity contribution < 1.29 is 14.2 Å². The summed E-state index contributed by atoms with van der Waals surface area (Å²) < 4.78 is 3.94. The number of carbonyl (C=O) groups is 2. The molecule has 0 aliphatic carbocycles. The molecule has 1 aromatic carbocycles. The highest BCUT2D eigenvalue weighted by molar-refractivity contribution is 6.18. The van der Waals surface area contributed by atoms with Crippen LogP contribution in [0.1, 0.15) is 22.9 Å². The van der Waals surface area contributed by atoms with E-state index in [-0.39, 0.29) is 11.9 Å². The van der Waals surface area contributed by atoms with Crippen LogP contribution in [0.25, 0.3) is 0 Å². The van der Waals surface area contributed by atoms with Crippen LogP contribution < -0.4 is 9.88 Å². The summed E-state index contributed by atoms with van der Waals surface area (Å²) in [5.74, 6) is 0.928. The lowest BCUT2D eigenvalue weighted by molar-refractivity contribution is -0.677. The monoisotopic (exact) mass is 381 g/mol. The first-order chi connectivity index (χ1) is 13.3. The first-order valence-electron chi connectivity index (χ1n) is 9.36. The van der Waals surface area contributed by atoms with E-state index in [4.69, 9.17) is 0 Å². The third kappa shape index (κ3) is 2.67. The maximum Gasteiger partial charge on any atom is 0.401 e. The number of rotatable bonds is 4. The van der Waals surface area contributed by atoms with E-state index >= 15 is 0 Å². The third-order valence-electron chi connectivity index (χ3n) is 5.61. The number of nitrogens with one attached hydrogen (secondary N) is 1. The summed E-state index contributed by atoms with van der Waals surface area (Å²) in [6, 6.07) is 5.40. The van der Waals surface area contributed by atoms with Gasteiger partial charge in [-0.1, -0.05) is 11.1 Å². The normalized spacial score (nSPS) is 18.3. The van der Waals surface area contributed by atoms with Crippen molar-refractivity contribution in [3.05, 3.63) is 41.2 Å². The fraction of sp³-hybridized carbons (Fsp3) is 0.400. The maximum absolute atomic E-state index is 12.7. The van der Waals surface area contributed by atoms with E-state index in [1.807, 2.05) is 17.7 Å². The van der Waals surface area contributed by atoms with Crippen LogP contribution in [-0.4, -0.2) is 52.8 Å². The lowest BCUT2D eigenvalue weighted by atomic mass is 10.1. The first kappa shape index (κ1) is 18.2. The Kier molecular flexibility index (Phi) is 4.21. The zero-order valence-corrected chi connectivity index (χ0v) is 16.9. The highest BCUT2D eigenvalue weighted by Crippen LogP contribution is 2.28. The van der Waals surface area contributed by atoms with Gasteiger partial charge < -0.3 is 5.32 Å². The van der Waals surface area contributed by atoms with Gasteiger partial charge in [0.05, 0.1) is 6.54 Å². The molecule has 8 nitrogen and oxygen atoms in total. The Morgan fingerprint density at radius 1 is 1.11 bits per heavy atom. The van der Waals surface area contributed by atoms with Gasteiger partial charge in [-0.05, 0) is 44.0 Å². The molecule has 0 spiro atoms. The fourth-order valence-electron chi connectivity index (χ4n) is 3.75. The zero-order valence-electron chi connectivity index (χ0n) is 16.9. The molecule has 1 fully saturated rings. The number of aryl methyl sites for hydroxylation is 3. The van der Waals surface area contributed by atoms with Crippen molar-refractivity contribution in [2.45, 2.75) is 33.4 Å². The largest absolute Gasteiger partial charge is 0.401 e. The van der Waals surface area contributed by atoms with Gasteiger partial charge in [0, 0.05) is 26.3 Å². The molecule has 3 heterocycles. The maximum atomic E-state index is 12.7. The van der Waals surface area contributed by atoms with Crippen LogP contribution in [0.4, 0.5) is 16.4 Å². The molecule has 2 aromatic rings. The van der Waals surface area contributed by atoms with Gasteiger partial charge in [-0.2, -0.15) is 0 Å². The number of amides is 3. The van der Waals surface area contributed by atoms with E-state index in [1.54, 1.807) is 7.05 Å². The van der Waals surface area contributed by atoms with Gasteiger partial charge in [0.1, 0.15) is 11.9 Å². The lowest BCUT2D eigenvalue weighted by Gasteiger charge is -2.30. The zero-order chi connectivity index (χ0) is 20.2. The Labute approximate surface area is 164 Å². The summed E-state index contributed by atoms with van der Waals surface area (Å²) >= 11 is 0. The number of fused-ring (bicyclic) bond motifs is 3. The minimum Gasteiger partial charge on any atom is -0.382 e. The third-order valence-corrected chi connectivity index (χ3v) is 5.61.